The van der Waals surface area contributed by atoms with E-state index < -0.39 is 0 Å². The Balaban J connectivity index is 0.000000163. The summed E-state index contributed by atoms with van der Waals surface area (Å²) in [5.74, 6) is 5.06. The van der Waals surface area contributed by atoms with E-state index in [1.165, 1.54) is 0 Å². The quantitative estimate of drug-likeness (QED) is 0.0896. The fourth-order valence-corrected chi connectivity index (χ4v) is 13.3. The SMILES string of the molecule is N#Cc1ccc(-c2ccc(-c3cc(-c4cccc(-c5ccc(-c6nc(-c7ccccc7)nc(-c7ccccc7)n6)cc5)c4)nc(-c4ccccc4)n3)cc2)cc1.N#Cc1ccc(-c2ccc(-c3nc(-c4ccccc4)cc(-c4cccc(-c5ccc(-c6nc(-c7ccccc7)nc(-c7ccccc7)n6)cc5)c4)n3)cc2)cc1. The van der Waals surface area contributed by atoms with Crippen LogP contribution < -0.4 is 0 Å². The van der Waals surface area contributed by atoms with E-state index in [1.54, 1.807) is 0 Å². The zero-order chi connectivity index (χ0) is 75.4. The fourth-order valence-electron chi connectivity index (χ4n) is 13.3. The monoisotopic (exact) mass is 1430 g/mol. The third kappa shape index (κ3) is 15.7. The predicted octanol–water partition coefficient (Wildman–Crippen LogP) is 23.7. The Kier molecular flexibility index (Phi) is 19.9. The van der Waals surface area contributed by atoms with E-state index in [2.05, 4.69) is 182 Å². The molecule has 4 heterocycles. The van der Waals surface area contributed by atoms with Crippen LogP contribution in [0, 0.1) is 22.7 Å². The van der Waals surface area contributed by atoms with Crippen LogP contribution in [-0.4, -0.2) is 49.8 Å². The average Bonchev–Trinajstić information content (AvgIpc) is 0.799. The second-order valence-electron chi connectivity index (χ2n) is 26.6. The van der Waals surface area contributed by atoms with Crippen molar-refractivity contribution in [2.24, 2.45) is 0 Å². The van der Waals surface area contributed by atoms with E-state index in [1.807, 2.05) is 218 Å². The largest absolute Gasteiger partial charge is 0.228 e. The first-order valence-electron chi connectivity index (χ1n) is 36.6. The second-order valence-corrected chi connectivity index (χ2v) is 26.6. The summed E-state index contributed by atoms with van der Waals surface area (Å²) in [6.45, 7) is 0. The Morgan fingerprint density at radius 1 is 0.134 bits per heavy atom. The molecule has 0 fully saturated rings. The van der Waals surface area contributed by atoms with Crippen LogP contribution in [0.15, 0.2) is 388 Å². The number of aromatic nitrogens is 10. The number of rotatable bonds is 16. The summed E-state index contributed by atoms with van der Waals surface area (Å²) in [7, 11) is 0. The Hall–Kier alpha value is -15.8. The van der Waals surface area contributed by atoms with Crippen LogP contribution in [0.2, 0.25) is 0 Å². The highest BCUT2D eigenvalue weighted by molar-refractivity contribution is 5.81. The van der Waals surface area contributed by atoms with E-state index in [9.17, 15) is 10.5 Å². The summed E-state index contributed by atoms with van der Waals surface area (Å²) < 4.78 is 0. The molecule has 112 heavy (non-hydrogen) atoms. The van der Waals surface area contributed by atoms with E-state index >= 15 is 0 Å². The lowest BCUT2D eigenvalue weighted by Crippen LogP contribution is -2.00. The van der Waals surface area contributed by atoms with Gasteiger partial charge in [0.1, 0.15) is 0 Å². The van der Waals surface area contributed by atoms with Crippen molar-refractivity contribution in [2.75, 3.05) is 0 Å². The van der Waals surface area contributed by atoms with Crippen LogP contribution >= 0.6 is 0 Å². The first-order valence-corrected chi connectivity index (χ1v) is 36.6. The Morgan fingerprint density at radius 3 is 0.562 bits per heavy atom. The molecule has 12 nitrogen and oxygen atoms in total. The predicted molar refractivity (Wildman–Crippen MR) is 447 cm³/mol. The number of nitrogens with zero attached hydrogens (tertiary/aromatic N) is 12. The first-order chi connectivity index (χ1) is 55.3. The van der Waals surface area contributed by atoms with Crippen molar-refractivity contribution in [1.29, 1.82) is 10.5 Å². The minimum Gasteiger partial charge on any atom is -0.228 e. The molecule has 0 atom stereocenters. The zero-order valence-corrected chi connectivity index (χ0v) is 60.3. The molecule has 18 rings (SSSR count). The van der Waals surface area contributed by atoms with E-state index in [4.69, 9.17) is 49.8 Å². The molecule has 14 aromatic carbocycles. The van der Waals surface area contributed by atoms with Crippen molar-refractivity contribution in [2.45, 2.75) is 0 Å². The van der Waals surface area contributed by atoms with E-state index in [-0.39, 0.29) is 0 Å². The van der Waals surface area contributed by atoms with Crippen LogP contribution in [0.1, 0.15) is 11.1 Å². The van der Waals surface area contributed by atoms with E-state index in [0.29, 0.717) is 57.7 Å². The molecule has 0 saturated heterocycles. The molecule has 524 valence electrons. The van der Waals surface area contributed by atoms with Gasteiger partial charge in [0.2, 0.25) is 0 Å². The van der Waals surface area contributed by atoms with Gasteiger partial charge in [-0.1, -0.05) is 340 Å². The molecule has 0 unspecified atom stereocenters. The Bertz CT molecular complexity index is 5910. The highest BCUT2D eigenvalue weighted by Gasteiger charge is 2.19. The molecule has 0 aliphatic rings. The maximum Gasteiger partial charge on any atom is 0.164 e. The molecule has 0 aliphatic heterocycles. The molecular formula is C100H64N12. The lowest BCUT2D eigenvalue weighted by molar-refractivity contribution is 1.07. The summed E-state index contributed by atoms with van der Waals surface area (Å²) in [5.41, 5.74) is 24.5. The summed E-state index contributed by atoms with van der Waals surface area (Å²) in [4.78, 5) is 49.5. The summed E-state index contributed by atoms with van der Waals surface area (Å²) in [6, 6.07) is 134. The zero-order valence-electron chi connectivity index (χ0n) is 60.3. The molecule has 0 saturated carbocycles. The maximum atomic E-state index is 9.20. The third-order valence-corrected chi connectivity index (χ3v) is 19.2. The van der Waals surface area contributed by atoms with Gasteiger partial charge in [-0.05, 0) is 93.0 Å². The van der Waals surface area contributed by atoms with Gasteiger partial charge in [0.05, 0.1) is 46.0 Å². The number of benzene rings is 14. The topological polar surface area (TPSA) is 176 Å². The molecular weight excluding hydrogens is 1370 g/mol. The smallest absolute Gasteiger partial charge is 0.164 e. The van der Waals surface area contributed by atoms with Gasteiger partial charge in [0.15, 0.2) is 46.6 Å². The normalized spacial score (nSPS) is 10.8. The molecule has 0 amide bonds. The molecule has 18 aromatic rings. The van der Waals surface area contributed by atoms with Crippen LogP contribution in [0.25, 0.3) is 181 Å². The average molecular weight is 1430 g/mol. The molecule has 0 aliphatic carbocycles. The van der Waals surface area contributed by atoms with Gasteiger partial charge in [-0.2, -0.15) is 10.5 Å². The lowest BCUT2D eigenvalue weighted by atomic mass is 9.99. The van der Waals surface area contributed by atoms with Gasteiger partial charge >= 0.3 is 0 Å². The Morgan fingerprint density at radius 2 is 0.304 bits per heavy atom. The molecule has 0 radical (unpaired) electrons. The van der Waals surface area contributed by atoms with Gasteiger partial charge in [-0.15, -0.1) is 0 Å². The summed E-state index contributed by atoms with van der Waals surface area (Å²) in [6.07, 6.45) is 0. The van der Waals surface area contributed by atoms with Crippen LogP contribution in [0.3, 0.4) is 0 Å². The van der Waals surface area contributed by atoms with Gasteiger partial charge < -0.3 is 0 Å². The minimum absolute atomic E-state index is 0.616. The lowest BCUT2D eigenvalue weighted by Gasteiger charge is -2.11. The molecule has 0 N–H and O–H groups in total. The minimum atomic E-state index is 0.616. The van der Waals surface area contributed by atoms with E-state index in [0.717, 1.165) is 134 Å². The van der Waals surface area contributed by atoms with Crippen molar-refractivity contribution in [1.82, 2.24) is 49.8 Å². The molecule has 0 bridgehead atoms. The summed E-state index contributed by atoms with van der Waals surface area (Å²) in [5, 5.41) is 18.4. The van der Waals surface area contributed by atoms with Crippen molar-refractivity contribution in [3.8, 4) is 193 Å². The third-order valence-electron chi connectivity index (χ3n) is 19.2. The number of hydrogen-bond acceptors (Lipinski definition) is 12. The van der Waals surface area contributed by atoms with Crippen molar-refractivity contribution < 1.29 is 0 Å². The number of nitriles is 2. The fraction of sp³-hybridized carbons (Fsp3) is 0. The maximum absolute atomic E-state index is 9.20. The standard InChI is InChI=1S/2C50H32N6/c51-33-34-19-21-35(22-20-34)36-23-27-38(28-24-36)45-32-46(53-47(52-45)39-11-4-1-5-12-39)44-18-10-17-43(31-44)37-25-29-42(30-26-37)50-55-48(40-13-6-2-7-14-40)54-49(56-50)41-15-8-3-9-16-41;51-33-34-19-21-35(22-20-34)36-23-27-41(28-24-36)47-52-45(38-11-4-1-5-12-38)32-46(53-47)44-18-10-17-43(31-44)37-25-29-42(30-26-37)50-55-48(39-13-6-2-7-14-39)54-49(56-50)40-15-8-3-9-16-40/h2*1-32H. The Labute approximate surface area is 648 Å². The molecule has 4 aromatic heterocycles. The summed E-state index contributed by atoms with van der Waals surface area (Å²) >= 11 is 0. The van der Waals surface area contributed by atoms with Gasteiger partial charge in [-0.3, -0.25) is 0 Å². The highest BCUT2D eigenvalue weighted by Crippen LogP contribution is 2.37. The van der Waals surface area contributed by atoms with Crippen molar-refractivity contribution in [3.05, 3.63) is 399 Å². The van der Waals surface area contributed by atoms with Crippen LogP contribution in [-0.2, 0) is 0 Å². The van der Waals surface area contributed by atoms with Gasteiger partial charge in [0.25, 0.3) is 0 Å². The van der Waals surface area contributed by atoms with Crippen LogP contribution in [0.5, 0.6) is 0 Å². The number of hydrogen-bond donors (Lipinski definition) is 0. The first kappa shape index (κ1) is 69.3. The second kappa shape index (κ2) is 32.1. The van der Waals surface area contributed by atoms with Gasteiger partial charge in [0, 0.05) is 66.8 Å². The van der Waals surface area contributed by atoms with Crippen molar-refractivity contribution in [3.63, 3.8) is 0 Å². The van der Waals surface area contributed by atoms with Crippen molar-refractivity contribution >= 4 is 0 Å². The molecule has 0 spiro atoms. The molecule has 12 heteroatoms. The highest BCUT2D eigenvalue weighted by atomic mass is 15.0. The van der Waals surface area contributed by atoms with Crippen LogP contribution in [0.4, 0.5) is 0 Å². The van der Waals surface area contributed by atoms with Gasteiger partial charge in [-0.25, -0.2) is 49.8 Å².